The molecule has 1 N–H and O–H groups in total. The second-order valence-corrected chi connectivity index (χ2v) is 7.54. The molecule has 18 heavy (non-hydrogen) atoms. The van der Waals surface area contributed by atoms with E-state index in [4.69, 9.17) is 0 Å². The lowest BCUT2D eigenvalue weighted by atomic mass is 10.2. The number of aryl methyl sites for hydroxylation is 2. The Hall–Kier alpha value is -0.160. The van der Waals surface area contributed by atoms with Gasteiger partial charge in [0.25, 0.3) is 0 Å². The molecular formula is C14H18BrNS2. The summed E-state index contributed by atoms with van der Waals surface area (Å²) < 4.78 is 1.22. The van der Waals surface area contributed by atoms with Crippen LogP contribution >= 0.6 is 38.6 Å². The minimum absolute atomic E-state index is 0.343. The summed E-state index contributed by atoms with van der Waals surface area (Å²) in [6, 6.07) is 7.11. The lowest BCUT2D eigenvalue weighted by molar-refractivity contribution is 0.648. The molecule has 0 radical (unpaired) electrons. The average molecular weight is 344 g/mol. The highest BCUT2D eigenvalue weighted by Gasteiger charge is 2.18. The fourth-order valence-corrected chi connectivity index (χ4v) is 4.69. The molecule has 1 nitrogen and oxygen atoms in total. The average Bonchev–Trinajstić information content (AvgIpc) is 2.94. The zero-order chi connectivity index (χ0) is 13.1. The first-order valence-electron chi connectivity index (χ1n) is 6.23. The van der Waals surface area contributed by atoms with Crippen LogP contribution in [0.5, 0.6) is 0 Å². The van der Waals surface area contributed by atoms with Crippen molar-refractivity contribution in [2.75, 3.05) is 6.54 Å². The third-order valence-corrected chi connectivity index (χ3v) is 6.38. The standard InChI is InChI=1S/C14H18BrNS2/c1-4-10-6-7-12(18-10)14(16-5-2)13-8-11(15)9(3)17-13/h6-8,14,16H,4-5H2,1-3H3. The van der Waals surface area contributed by atoms with Crippen LogP contribution in [0.1, 0.15) is 39.4 Å². The summed E-state index contributed by atoms with van der Waals surface area (Å²) in [5.74, 6) is 0. The van der Waals surface area contributed by atoms with E-state index in [1.165, 1.54) is 24.0 Å². The van der Waals surface area contributed by atoms with Crippen LogP contribution in [-0.4, -0.2) is 6.54 Å². The molecule has 98 valence electrons. The molecule has 0 aliphatic carbocycles. The van der Waals surface area contributed by atoms with Crippen LogP contribution in [-0.2, 0) is 6.42 Å². The van der Waals surface area contributed by atoms with Gasteiger partial charge in [0.1, 0.15) is 0 Å². The Balaban J connectivity index is 2.32. The van der Waals surface area contributed by atoms with Crippen LogP contribution in [0.4, 0.5) is 0 Å². The third kappa shape index (κ3) is 3.05. The van der Waals surface area contributed by atoms with Crippen LogP contribution < -0.4 is 5.32 Å². The molecule has 0 bridgehead atoms. The number of hydrogen-bond acceptors (Lipinski definition) is 3. The van der Waals surface area contributed by atoms with Crippen molar-refractivity contribution in [1.82, 2.24) is 5.32 Å². The van der Waals surface area contributed by atoms with Gasteiger partial charge in [0, 0.05) is 24.0 Å². The van der Waals surface area contributed by atoms with Crippen LogP contribution in [0, 0.1) is 6.92 Å². The number of halogens is 1. The maximum absolute atomic E-state index is 3.61. The van der Waals surface area contributed by atoms with E-state index in [-0.39, 0.29) is 0 Å². The van der Waals surface area contributed by atoms with E-state index in [2.05, 4.69) is 60.2 Å². The predicted octanol–water partition coefficient (Wildman–Crippen LogP) is 5.14. The van der Waals surface area contributed by atoms with Gasteiger partial charge in [-0.05, 0) is 54.0 Å². The van der Waals surface area contributed by atoms with E-state index in [0.717, 1.165) is 13.0 Å². The summed E-state index contributed by atoms with van der Waals surface area (Å²) in [5, 5.41) is 3.59. The lowest BCUT2D eigenvalue weighted by Crippen LogP contribution is -2.20. The summed E-state index contributed by atoms with van der Waals surface area (Å²) in [6.07, 6.45) is 1.12. The van der Waals surface area contributed by atoms with E-state index in [0.29, 0.717) is 6.04 Å². The Bertz CT molecular complexity index is 496. The third-order valence-electron chi connectivity index (χ3n) is 2.88. The molecule has 0 aromatic carbocycles. The number of thiophene rings is 2. The van der Waals surface area contributed by atoms with Crippen molar-refractivity contribution < 1.29 is 0 Å². The molecule has 4 heteroatoms. The molecular weight excluding hydrogens is 326 g/mol. The molecule has 2 aromatic heterocycles. The molecule has 0 spiro atoms. The van der Waals surface area contributed by atoms with Gasteiger partial charge < -0.3 is 5.32 Å². The summed E-state index contributed by atoms with van der Waals surface area (Å²) in [5.41, 5.74) is 0. The van der Waals surface area contributed by atoms with Crippen molar-refractivity contribution in [2.45, 2.75) is 33.2 Å². The van der Waals surface area contributed by atoms with Gasteiger partial charge in [-0.3, -0.25) is 0 Å². The molecule has 0 saturated heterocycles. The van der Waals surface area contributed by atoms with Crippen molar-refractivity contribution in [3.8, 4) is 0 Å². The van der Waals surface area contributed by atoms with Gasteiger partial charge in [0.05, 0.1) is 6.04 Å². The molecule has 2 heterocycles. The second kappa shape index (κ2) is 6.33. The SMILES string of the molecule is CCNC(c1ccc(CC)s1)c1cc(Br)c(C)s1. The zero-order valence-corrected chi connectivity index (χ0v) is 14.1. The van der Waals surface area contributed by atoms with E-state index < -0.39 is 0 Å². The summed E-state index contributed by atoms with van der Waals surface area (Å²) in [4.78, 5) is 5.62. The van der Waals surface area contributed by atoms with E-state index in [1.54, 1.807) is 0 Å². The smallest absolute Gasteiger partial charge is 0.0765 e. The molecule has 0 saturated carbocycles. The van der Waals surface area contributed by atoms with Crippen LogP contribution in [0.3, 0.4) is 0 Å². The highest BCUT2D eigenvalue weighted by atomic mass is 79.9. The van der Waals surface area contributed by atoms with Gasteiger partial charge in [0.2, 0.25) is 0 Å². The molecule has 0 amide bonds. The monoisotopic (exact) mass is 343 g/mol. The fraction of sp³-hybridized carbons (Fsp3) is 0.429. The molecule has 0 aliphatic rings. The van der Waals surface area contributed by atoms with Crippen molar-refractivity contribution in [3.05, 3.63) is 42.2 Å². The topological polar surface area (TPSA) is 12.0 Å². The highest BCUT2D eigenvalue weighted by Crippen LogP contribution is 2.36. The molecule has 0 aliphatic heterocycles. The highest BCUT2D eigenvalue weighted by molar-refractivity contribution is 9.10. The normalized spacial score (nSPS) is 12.9. The van der Waals surface area contributed by atoms with Gasteiger partial charge >= 0.3 is 0 Å². The minimum Gasteiger partial charge on any atom is -0.305 e. The molecule has 2 aromatic rings. The van der Waals surface area contributed by atoms with Gasteiger partial charge in [-0.25, -0.2) is 0 Å². The quantitative estimate of drug-likeness (QED) is 0.792. The second-order valence-electron chi connectivity index (χ2n) is 4.20. The van der Waals surface area contributed by atoms with Crippen molar-refractivity contribution in [1.29, 1.82) is 0 Å². The summed E-state index contributed by atoms with van der Waals surface area (Å²) >= 11 is 7.40. The Kier molecular flexibility index (Phi) is 5.01. The van der Waals surface area contributed by atoms with Gasteiger partial charge in [0.15, 0.2) is 0 Å². The molecule has 1 unspecified atom stereocenters. The van der Waals surface area contributed by atoms with E-state index in [1.807, 2.05) is 22.7 Å². The van der Waals surface area contributed by atoms with E-state index in [9.17, 15) is 0 Å². The van der Waals surface area contributed by atoms with Crippen molar-refractivity contribution in [3.63, 3.8) is 0 Å². The minimum atomic E-state index is 0.343. The Morgan fingerprint density at radius 2 is 2.00 bits per heavy atom. The number of nitrogens with one attached hydrogen (secondary N) is 1. The van der Waals surface area contributed by atoms with Crippen molar-refractivity contribution in [2.24, 2.45) is 0 Å². The summed E-state index contributed by atoms with van der Waals surface area (Å²) in [7, 11) is 0. The largest absolute Gasteiger partial charge is 0.305 e. The van der Waals surface area contributed by atoms with Crippen LogP contribution in [0.25, 0.3) is 0 Å². The first kappa shape index (κ1) is 14.3. The fourth-order valence-electron chi connectivity index (χ4n) is 1.91. The first-order chi connectivity index (χ1) is 8.65. The molecule has 1 atom stereocenters. The van der Waals surface area contributed by atoms with E-state index >= 15 is 0 Å². The maximum Gasteiger partial charge on any atom is 0.0765 e. The van der Waals surface area contributed by atoms with Gasteiger partial charge in [-0.1, -0.05) is 13.8 Å². The van der Waals surface area contributed by atoms with Crippen molar-refractivity contribution >= 4 is 38.6 Å². The molecule has 2 rings (SSSR count). The van der Waals surface area contributed by atoms with Gasteiger partial charge in [-0.15, -0.1) is 22.7 Å². The Morgan fingerprint density at radius 1 is 1.22 bits per heavy atom. The van der Waals surface area contributed by atoms with Crippen LogP contribution in [0.15, 0.2) is 22.7 Å². The lowest BCUT2D eigenvalue weighted by Gasteiger charge is -2.14. The van der Waals surface area contributed by atoms with Crippen LogP contribution in [0.2, 0.25) is 0 Å². The maximum atomic E-state index is 3.61. The Morgan fingerprint density at radius 3 is 2.50 bits per heavy atom. The number of rotatable bonds is 5. The van der Waals surface area contributed by atoms with Gasteiger partial charge in [-0.2, -0.15) is 0 Å². The number of hydrogen-bond donors (Lipinski definition) is 1. The Labute approximate surface area is 125 Å². The first-order valence-corrected chi connectivity index (χ1v) is 8.66. The predicted molar refractivity (Wildman–Crippen MR) is 86.0 cm³/mol. The molecule has 0 fully saturated rings. The zero-order valence-electron chi connectivity index (χ0n) is 10.9. The summed E-state index contributed by atoms with van der Waals surface area (Å²) in [6.45, 7) is 7.52.